The van der Waals surface area contributed by atoms with Crippen LogP contribution in [0.5, 0.6) is 11.5 Å². The number of pyridine rings is 1. The molecule has 0 fully saturated rings. The summed E-state index contributed by atoms with van der Waals surface area (Å²) in [6.45, 7) is 8.41. The number of nitrogens with zero attached hydrogens (tertiary/aromatic N) is 1. The maximum absolute atomic E-state index is 13.8. The minimum Gasteiger partial charge on any atom is -0.493 e. The zero-order valence-corrected chi connectivity index (χ0v) is 23.6. The predicted octanol–water partition coefficient (Wildman–Crippen LogP) is 6.22. The van der Waals surface area contributed by atoms with Gasteiger partial charge < -0.3 is 20.1 Å². The molecular formula is C33H35N3O4. The van der Waals surface area contributed by atoms with Crippen LogP contribution in [0.1, 0.15) is 56.2 Å². The van der Waals surface area contributed by atoms with Gasteiger partial charge in [0.15, 0.2) is 17.3 Å². The molecule has 0 spiro atoms. The Labute approximate surface area is 235 Å². The lowest BCUT2D eigenvalue weighted by Crippen LogP contribution is -2.39. The van der Waals surface area contributed by atoms with E-state index in [0.29, 0.717) is 53.6 Å². The number of nitrogens with one attached hydrogen (secondary N) is 2. The lowest BCUT2D eigenvalue weighted by Gasteiger charge is -2.39. The molecule has 1 aliphatic heterocycles. The van der Waals surface area contributed by atoms with Gasteiger partial charge in [-0.25, -0.2) is 4.98 Å². The summed E-state index contributed by atoms with van der Waals surface area (Å²) in [7, 11) is 1.59. The summed E-state index contributed by atoms with van der Waals surface area (Å²) in [6, 6.07) is 19.2. The number of hydrogen-bond donors (Lipinski definition) is 2. The third-order valence-corrected chi connectivity index (χ3v) is 7.40. The molecule has 2 N–H and O–H groups in total. The van der Waals surface area contributed by atoms with Crippen molar-refractivity contribution in [3.8, 4) is 11.5 Å². The maximum Gasteiger partial charge on any atom is 0.255 e. The van der Waals surface area contributed by atoms with Gasteiger partial charge in [0, 0.05) is 41.1 Å². The van der Waals surface area contributed by atoms with Gasteiger partial charge in [0.05, 0.1) is 7.11 Å². The van der Waals surface area contributed by atoms with Crippen LogP contribution in [-0.2, 0) is 16.2 Å². The van der Waals surface area contributed by atoms with Crippen LogP contribution in [0.25, 0.3) is 0 Å². The summed E-state index contributed by atoms with van der Waals surface area (Å²) in [5, 5.41) is 6.36. The molecule has 0 saturated carbocycles. The van der Waals surface area contributed by atoms with Crippen LogP contribution >= 0.6 is 0 Å². The first kappa shape index (κ1) is 27.2. The number of amides is 1. The quantitative estimate of drug-likeness (QED) is 0.372. The first-order valence-electron chi connectivity index (χ1n) is 13.5. The molecule has 0 radical (unpaired) electrons. The van der Waals surface area contributed by atoms with Gasteiger partial charge in [-0.15, -0.1) is 0 Å². The molecule has 2 heterocycles. The molecule has 1 aromatic heterocycles. The zero-order chi connectivity index (χ0) is 28.4. The summed E-state index contributed by atoms with van der Waals surface area (Å²) in [6.07, 6.45) is 2.79. The number of ketones is 1. The second-order valence-electron chi connectivity index (χ2n) is 11.3. The second kappa shape index (κ2) is 11.0. The number of aryl methyl sites for hydroxylation is 1. The van der Waals surface area contributed by atoms with Gasteiger partial charge in [-0.3, -0.25) is 9.59 Å². The van der Waals surface area contributed by atoms with Gasteiger partial charge in [-0.2, -0.15) is 0 Å². The SMILES string of the molecule is COc1cc([C@@H]2C(C(=O)Nc3cc(C)ccn3)=C(C)NC3=C2C(=O)CC(C)(C)C3)ccc1OCc1ccccc1. The number of benzene rings is 2. The van der Waals surface area contributed by atoms with Crippen molar-refractivity contribution in [3.05, 3.63) is 106 Å². The summed E-state index contributed by atoms with van der Waals surface area (Å²) in [4.78, 5) is 31.8. The number of methoxy groups -OCH3 is 1. The Bertz CT molecular complexity index is 1520. The van der Waals surface area contributed by atoms with E-state index in [1.807, 2.05) is 74.5 Å². The van der Waals surface area contributed by atoms with E-state index < -0.39 is 5.92 Å². The van der Waals surface area contributed by atoms with E-state index >= 15 is 0 Å². The Morgan fingerprint density at radius 1 is 1.05 bits per heavy atom. The number of ether oxygens (including phenoxy) is 2. The molecule has 0 unspecified atom stereocenters. The third kappa shape index (κ3) is 5.64. The second-order valence-corrected chi connectivity index (χ2v) is 11.3. The molecule has 2 aliphatic rings. The largest absolute Gasteiger partial charge is 0.493 e. The Morgan fingerprint density at radius 3 is 2.55 bits per heavy atom. The number of allylic oxidation sites excluding steroid dienone is 3. The Hall–Kier alpha value is -4.39. The highest BCUT2D eigenvalue weighted by Gasteiger charge is 2.43. The van der Waals surface area contributed by atoms with Crippen LogP contribution < -0.4 is 20.1 Å². The molecule has 0 saturated heterocycles. The van der Waals surface area contributed by atoms with Gasteiger partial charge in [0.1, 0.15) is 12.4 Å². The maximum atomic E-state index is 13.8. The number of hydrogen-bond acceptors (Lipinski definition) is 6. The molecule has 206 valence electrons. The smallest absolute Gasteiger partial charge is 0.255 e. The van der Waals surface area contributed by atoms with Crippen LogP contribution in [0.3, 0.4) is 0 Å². The van der Waals surface area contributed by atoms with Gasteiger partial charge in [0.2, 0.25) is 0 Å². The summed E-state index contributed by atoms with van der Waals surface area (Å²) in [5.74, 6) is 0.753. The average molecular weight is 538 g/mol. The Balaban J connectivity index is 1.55. The molecule has 7 nitrogen and oxygen atoms in total. The molecule has 1 amide bonds. The number of dihydropyridines is 1. The number of anilines is 1. The highest BCUT2D eigenvalue weighted by Crippen LogP contribution is 2.48. The molecule has 0 bridgehead atoms. The van der Waals surface area contributed by atoms with E-state index in [2.05, 4.69) is 29.5 Å². The number of carbonyl (C=O) groups excluding carboxylic acids is 2. The molecule has 2 aromatic carbocycles. The van der Waals surface area contributed by atoms with E-state index in [9.17, 15) is 9.59 Å². The highest BCUT2D eigenvalue weighted by molar-refractivity contribution is 6.09. The number of rotatable bonds is 7. The molecular weight excluding hydrogens is 502 g/mol. The van der Waals surface area contributed by atoms with Gasteiger partial charge in [0.25, 0.3) is 5.91 Å². The monoisotopic (exact) mass is 537 g/mol. The van der Waals surface area contributed by atoms with E-state index in [4.69, 9.17) is 9.47 Å². The van der Waals surface area contributed by atoms with Crippen molar-refractivity contribution in [2.24, 2.45) is 5.41 Å². The Morgan fingerprint density at radius 2 is 1.82 bits per heavy atom. The lowest BCUT2D eigenvalue weighted by atomic mass is 9.68. The molecule has 1 atom stereocenters. The molecule has 40 heavy (non-hydrogen) atoms. The van der Waals surface area contributed by atoms with Crippen LogP contribution in [0.2, 0.25) is 0 Å². The van der Waals surface area contributed by atoms with Crippen molar-refractivity contribution in [3.63, 3.8) is 0 Å². The zero-order valence-electron chi connectivity index (χ0n) is 23.6. The van der Waals surface area contributed by atoms with Crippen molar-refractivity contribution in [2.75, 3.05) is 12.4 Å². The number of Topliss-reactive ketones (excluding diaryl/α,β-unsaturated/α-hetero) is 1. The minimum atomic E-state index is -0.568. The van der Waals surface area contributed by atoms with Gasteiger partial charge in [-0.05, 0) is 66.6 Å². The van der Waals surface area contributed by atoms with Crippen LogP contribution in [0.15, 0.2) is 89.4 Å². The van der Waals surface area contributed by atoms with Gasteiger partial charge in [-0.1, -0.05) is 50.2 Å². The molecule has 3 aromatic rings. The fourth-order valence-electron chi connectivity index (χ4n) is 5.58. The summed E-state index contributed by atoms with van der Waals surface area (Å²) < 4.78 is 11.8. The summed E-state index contributed by atoms with van der Waals surface area (Å²) >= 11 is 0. The van der Waals surface area contributed by atoms with E-state index in [1.165, 1.54) is 0 Å². The predicted molar refractivity (Wildman–Crippen MR) is 155 cm³/mol. The normalized spacial score (nSPS) is 18.1. The summed E-state index contributed by atoms with van der Waals surface area (Å²) in [5.41, 5.74) is 5.33. The van der Waals surface area contributed by atoms with E-state index in [1.54, 1.807) is 13.3 Å². The molecule has 5 rings (SSSR count). The molecule has 1 aliphatic carbocycles. The van der Waals surface area contributed by atoms with Crippen molar-refractivity contribution >= 4 is 17.5 Å². The van der Waals surface area contributed by atoms with Crippen molar-refractivity contribution in [2.45, 2.75) is 53.1 Å². The van der Waals surface area contributed by atoms with Crippen molar-refractivity contribution < 1.29 is 19.1 Å². The van der Waals surface area contributed by atoms with Crippen molar-refractivity contribution in [1.29, 1.82) is 0 Å². The first-order valence-corrected chi connectivity index (χ1v) is 13.5. The number of aromatic nitrogens is 1. The van der Waals surface area contributed by atoms with Crippen LogP contribution in [-0.4, -0.2) is 23.8 Å². The number of carbonyl (C=O) groups is 2. The van der Waals surface area contributed by atoms with Crippen LogP contribution in [0, 0.1) is 12.3 Å². The van der Waals surface area contributed by atoms with E-state index in [0.717, 1.165) is 22.4 Å². The van der Waals surface area contributed by atoms with E-state index in [-0.39, 0.29) is 17.1 Å². The van der Waals surface area contributed by atoms with Crippen molar-refractivity contribution in [1.82, 2.24) is 10.3 Å². The Kier molecular flexibility index (Phi) is 7.48. The topological polar surface area (TPSA) is 89.5 Å². The molecule has 7 heteroatoms. The highest BCUT2D eigenvalue weighted by atomic mass is 16.5. The van der Waals surface area contributed by atoms with Gasteiger partial charge >= 0.3 is 0 Å². The first-order chi connectivity index (χ1) is 19.1. The fourth-order valence-corrected chi connectivity index (χ4v) is 5.58. The fraction of sp³-hybridized carbons (Fsp3) is 0.303. The van der Waals surface area contributed by atoms with Crippen LogP contribution in [0.4, 0.5) is 5.82 Å². The standard InChI is InChI=1S/C33H35N3O4/c1-20-13-14-34-28(15-20)36-32(38)29-21(2)35-24-17-33(3,4)18-25(37)31(24)30(29)23-11-12-26(27(16-23)39-5)40-19-22-9-7-6-8-10-22/h6-16,30,35H,17-19H2,1-5H3,(H,34,36,38)/t30-/m1/s1. The average Bonchev–Trinajstić information content (AvgIpc) is 2.90. The minimum absolute atomic E-state index is 0.0404. The lowest BCUT2D eigenvalue weighted by molar-refractivity contribution is -0.118. The third-order valence-electron chi connectivity index (χ3n) is 7.40.